The zero-order chi connectivity index (χ0) is 19.2. The molecule has 0 spiro atoms. The Hall–Kier alpha value is -1.96. The lowest BCUT2D eigenvalue weighted by molar-refractivity contribution is 0.299. The number of hydrogen-bond donors (Lipinski definition) is 0. The van der Waals surface area contributed by atoms with Crippen LogP contribution in [0.4, 0.5) is 0 Å². The minimum atomic E-state index is 0.829. The normalized spacial score (nSPS) is 10.7. The summed E-state index contributed by atoms with van der Waals surface area (Å²) in [6.07, 6.45) is 10.9. The Labute approximate surface area is 165 Å². The van der Waals surface area contributed by atoms with Gasteiger partial charge in [0.2, 0.25) is 0 Å². The first kappa shape index (κ1) is 21.3. The Morgan fingerprint density at radius 3 is 1.15 bits per heavy atom. The van der Waals surface area contributed by atoms with Crippen molar-refractivity contribution in [2.75, 3.05) is 13.2 Å². The predicted molar refractivity (Wildman–Crippen MR) is 115 cm³/mol. The molecule has 0 fully saturated rings. The van der Waals surface area contributed by atoms with E-state index in [1.54, 1.807) is 0 Å². The number of unbranched alkanes of at least 4 members (excludes halogenated alkanes) is 6. The van der Waals surface area contributed by atoms with Crippen LogP contribution in [-0.4, -0.2) is 13.2 Å². The molecular formula is C25H36O2. The molecule has 0 aliphatic carbocycles. The average Bonchev–Trinajstić information content (AvgIpc) is 2.73. The van der Waals surface area contributed by atoms with Crippen LogP contribution < -0.4 is 9.47 Å². The molecule has 0 bridgehead atoms. The molecule has 2 aromatic carbocycles. The van der Waals surface area contributed by atoms with Gasteiger partial charge in [-0.3, -0.25) is 0 Å². The molecule has 2 heteroatoms. The second-order valence-electron chi connectivity index (χ2n) is 7.17. The highest BCUT2D eigenvalue weighted by Crippen LogP contribution is 2.15. The summed E-state index contributed by atoms with van der Waals surface area (Å²) in [4.78, 5) is 0. The van der Waals surface area contributed by atoms with Crippen LogP contribution in [-0.2, 0) is 12.8 Å². The molecule has 0 atom stereocenters. The first-order valence-corrected chi connectivity index (χ1v) is 10.7. The van der Waals surface area contributed by atoms with E-state index in [1.165, 1.54) is 43.2 Å². The molecule has 0 N–H and O–H groups in total. The van der Waals surface area contributed by atoms with Gasteiger partial charge in [-0.05, 0) is 61.1 Å². The van der Waals surface area contributed by atoms with E-state index in [2.05, 4.69) is 62.4 Å². The van der Waals surface area contributed by atoms with Crippen molar-refractivity contribution in [1.82, 2.24) is 0 Å². The maximum absolute atomic E-state index is 5.81. The molecule has 0 unspecified atom stereocenters. The van der Waals surface area contributed by atoms with E-state index in [4.69, 9.17) is 9.47 Å². The quantitative estimate of drug-likeness (QED) is 0.334. The van der Waals surface area contributed by atoms with Crippen molar-refractivity contribution in [3.05, 3.63) is 59.7 Å². The first-order valence-electron chi connectivity index (χ1n) is 10.7. The lowest BCUT2D eigenvalue weighted by atomic mass is 10.1. The molecule has 0 saturated carbocycles. The van der Waals surface area contributed by atoms with Crippen molar-refractivity contribution >= 4 is 0 Å². The Kier molecular flexibility index (Phi) is 10.5. The first-order chi connectivity index (χ1) is 13.3. The van der Waals surface area contributed by atoms with Gasteiger partial charge in [0.15, 0.2) is 0 Å². The third-order valence-corrected chi connectivity index (χ3v) is 4.99. The number of aryl methyl sites for hydroxylation is 2. The fourth-order valence-corrected chi connectivity index (χ4v) is 3.11. The van der Waals surface area contributed by atoms with Crippen molar-refractivity contribution < 1.29 is 9.47 Å². The molecule has 0 heterocycles. The third-order valence-electron chi connectivity index (χ3n) is 4.99. The van der Waals surface area contributed by atoms with Crippen molar-refractivity contribution in [2.45, 2.75) is 71.6 Å². The number of rotatable bonds is 14. The van der Waals surface area contributed by atoms with Gasteiger partial charge in [0, 0.05) is 0 Å². The van der Waals surface area contributed by atoms with Crippen molar-refractivity contribution in [3.8, 4) is 11.5 Å². The molecule has 0 amide bonds. The van der Waals surface area contributed by atoms with Gasteiger partial charge in [-0.1, -0.05) is 70.2 Å². The summed E-state index contributed by atoms with van der Waals surface area (Å²) in [5.74, 6) is 1.99. The fraction of sp³-hybridized carbons (Fsp3) is 0.520. The van der Waals surface area contributed by atoms with Crippen LogP contribution in [0.5, 0.6) is 11.5 Å². The van der Waals surface area contributed by atoms with Crippen LogP contribution in [0.25, 0.3) is 0 Å². The lowest BCUT2D eigenvalue weighted by Gasteiger charge is -2.08. The highest BCUT2D eigenvalue weighted by molar-refractivity contribution is 5.27. The third kappa shape index (κ3) is 8.99. The van der Waals surface area contributed by atoms with Gasteiger partial charge in [-0.15, -0.1) is 0 Å². The van der Waals surface area contributed by atoms with E-state index in [9.17, 15) is 0 Å². The largest absolute Gasteiger partial charge is 0.494 e. The predicted octanol–water partition coefficient (Wildman–Crippen LogP) is 7.00. The van der Waals surface area contributed by atoms with E-state index in [0.717, 1.165) is 50.4 Å². The molecule has 148 valence electrons. The molecule has 0 saturated heterocycles. The van der Waals surface area contributed by atoms with Crippen LogP contribution in [0.2, 0.25) is 0 Å². The minimum Gasteiger partial charge on any atom is -0.494 e. The van der Waals surface area contributed by atoms with Gasteiger partial charge in [-0.25, -0.2) is 0 Å². The standard InChI is InChI=1S/C25H36O2/c1-3-22-12-16-24(17-13-22)26-20-10-8-6-5-7-9-11-21-27-25-18-14-23(4-2)15-19-25/h12-19H,3-11,20-21H2,1-2H3. The minimum absolute atomic E-state index is 0.829. The van der Waals surface area contributed by atoms with E-state index in [0.29, 0.717) is 0 Å². The Morgan fingerprint density at radius 1 is 0.481 bits per heavy atom. The van der Waals surface area contributed by atoms with Crippen LogP contribution in [0.15, 0.2) is 48.5 Å². The summed E-state index contributed by atoms with van der Waals surface area (Å²) in [6, 6.07) is 16.9. The Bertz CT molecular complexity index is 546. The molecule has 2 nitrogen and oxygen atoms in total. The van der Waals surface area contributed by atoms with Crippen LogP contribution in [0.1, 0.15) is 69.9 Å². The average molecular weight is 369 g/mol. The van der Waals surface area contributed by atoms with Gasteiger partial charge in [0.25, 0.3) is 0 Å². The highest BCUT2D eigenvalue weighted by Gasteiger charge is 1.97. The van der Waals surface area contributed by atoms with Gasteiger partial charge in [0.1, 0.15) is 11.5 Å². The second kappa shape index (κ2) is 13.2. The molecule has 0 radical (unpaired) electrons. The van der Waals surface area contributed by atoms with Gasteiger partial charge >= 0.3 is 0 Å². The summed E-state index contributed by atoms with van der Waals surface area (Å²) in [5.41, 5.74) is 2.73. The van der Waals surface area contributed by atoms with Crippen LogP contribution >= 0.6 is 0 Å². The number of hydrogen-bond acceptors (Lipinski definition) is 2. The second-order valence-corrected chi connectivity index (χ2v) is 7.17. The molecular weight excluding hydrogens is 332 g/mol. The SMILES string of the molecule is CCc1ccc(OCCCCCCCCCOc2ccc(CC)cc2)cc1. The maximum Gasteiger partial charge on any atom is 0.119 e. The zero-order valence-electron chi connectivity index (χ0n) is 17.2. The summed E-state index contributed by atoms with van der Waals surface area (Å²) < 4.78 is 11.6. The monoisotopic (exact) mass is 368 g/mol. The molecule has 2 aromatic rings. The Morgan fingerprint density at radius 2 is 0.815 bits per heavy atom. The van der Waals surface area contributed by atoms with Crippen molar-refractivity contribution in [2.24, 2.45) is 0 Å². The molecule has 0 aromatic heterocycles. The fourth-order valence-electron chi connectivity index (χ4n) is 3.11. The molecule has 2 rings (SSSR count). The maximum atomic E-state index is 5.81. The van der Waals surface area contributed by atoms with Crippen LogP contribution in [0.3, 0.4) is 0 Å². The Balaban J connectivity index is 1.39. The zero-order valence-corrected chi connectivity index (χ0v) is 17.2. The number of ether oxygens (including phenoxy) is 2. The topological polar surface area (TPSA) is 18.5 Å². The molecule has 0 aliphatic heterocycles. The summed E-state index contributed by atoms with van der Waals surface area (Å²) in [6.45, 7) is 6.01. The van der Waals surface area contributed by atoms with E-state index < -0.39 is 0 Å². The summed E-state index contributed by atoms with van der Waals surface area (Å²) in [7, 11) is 0. The van der Waals surface area contributed by atoms with E-state index in [-0.39, 0.29) is 0 Å². The molecule has 0 aliphatic rings. The van der Waals surface area contributed by atoms with Crippen molar-refractivity contribution in [1.29, 1.82) is 0 Å². The van der Waals surface area contributed by atoms with Crippen LogP contribution in [0, 0.1) is 0 Å². The van der Waals surface area contributed by atoms with Gasteiger partial charge < -0.3 is 9.47 Å². The van der Waals surface area contributed by atoms with E-state index in [1.807, 2.05) is 0 Å². The number of benzene rings is 2. The summed E-state index contributed by atoms with van der Waals surface area (Å²) in [5, 5.41) is 0. The van der Waals surface area contributed by atoms with Gasteiger partial charge in [-0.2, -0.15) is 0 Å². The van der Waals surface area contributed by atoms with Gasteiger partial charge in [0.05, 0.1) is 13.2 Å². The lowest BCUT2D eigenvalue weighted by Crippen LogP contribution is -1.98. The summed E-state index contributed by atoms with van der Waals surface area (Å²) >= 11 is 0. The van der Waals surface area contributed by atoms with E-state index >= 15 is 0 Å². The smallest absolute Gasteiger partial charge is 0.119 e. The highest BCUT2D eigenvalue weighted by atomic mass is 16.5. The molecule has 27 heavy (non-hydrogen) atoms. The van der Waals surface area contributed by atoms with Crippen molar-refractivity contribution in [3.63, 3.8) is 0 Å².